The highest BCUT2D eigenvalue weighted by Crippen LogP contribution is 2.59. The van der Waals surface area contributed by atoms with Gasteiger partial charge in [-0.05, 0) is 32.1 Å². The van der Waals surface area contributed by atoms with Crippen molar-refractivity contribution in [2.75, 3.05) is 0 Å². The summed E-state index contributed by atoms with van der Waals surface area (Å²) in [5.74, 6) is -0.501. The van der Waals surface area contributed by atoms with E-state index in [1.165, 1.54) is 0 Å². The van der Waals surface area contributed by atoms with E-state index in [0.717, 1.165) is 25.7 Å². The van der Waals surface area contributed by atoms with Crippen LogP contribution in [0.1, 0.15) is 39.5 Å². The van der Waals surface area contributed by atoms with Crippen molar-refractivity contribution in [1.29, 1.82) is 0 Å². The average molecular weight is 280 g/mol. The van der Waals surface area contributed by atoms with E-state index >= 15 is 0 Å². The van der Waals surface area contributed by atoms with Crippen LogP contribution in [-0.4, -0.2) is 23.6 Å². The molecule has 0 aromatic heterocycles. The molecule has 20 heavy (non-hydrogen) atoms. The lowest BCUT2D eigenvalue weighted by Crippen LogP contribution is -2.68. The van der Waals surface area contributed by atoms with E-state index < -0.39 is 17.7 Å². The molecule has 0 N–H and O–H groups in total. The summed E-state index contributed by atoms with van der Waals surface area (Å²) in [6.45, 7) is 8.00. The molecule has 1 unspecified atom stereocenters. The van der Waals surface area contributed by atoms with Gasteiger partial charge in [0, 0.05) is 23.8 Å². The fourth-order valence-corrected chi connectivity index (χ4v) is 4.46. The topological polar surface area (TPSA) is 54.0 Å². The van der Waals surface area contributed by atoms with Crippen molar-refractivity contribution in [2.24, 2.45) is 17.8 Å². The standard InChI is InChI=1S/C15H20O5/c1-8-4-5-11-9(2)12(16)17-13-15(11)10(8)6-7-14(3,18-13)19-20-15/h8,10-11,13H,2,4-7H2,1,3H3/t8-,10+,11?,13-,14-,15-/m1/s1. The van der Waals surface area contributed by atoms with Gasteiger partial charge >= 0.3 is 5.97 Å². The maximum absolute atomic E-state index is 12.0. The maximum Gasteiger partial charge on any atom is 0.336 e. The zero-order valence-electron chi connectivity index (χ0n) is 11.9. The molecule has 5 nitrogen and oxygen atoms in total. The summed E-state index contributed by atoms with van der Waals surface area (Å²) in [5, 5.41) is 0. The Bertz CT molecular complexity index is 489. The molecule has 0 aromatic rings. The number of hydrogen-bond acceptors (Lipinski definition) is 5. The van der Waals surface area contributed by atoms with Gasteiger partial charge in [0.2, 0.25) is 12.1 Å². The van der Waals surface area contributed by atoms with Gasteiger partial charge in [0.15, 0.2) is 5.60 Å². The molecule has 5 rings (SSSR count). The number of rotatable bonds is 0. The Kier molecular flexibility index (Phi) is 2.46. The van der Waals surface area contributed by atoms with E-state index in [2.05, 4.69) is 13.5 Å². The zero-order chi connectivity index (χ0) is 14.1. The summed E-state index contributed by atoms with van der Waals surface area (Å²) in [4.78, 5) is 23.5. The Balaban J connectivity index is 1.86. The van der Waals surface area contributed by atoms with Crippen LogP contribution in [0.15, 0.2) is 12.2 Å². The van der Waals surface area contributed by atoms with Crippen LogP contribution in [0.4, 0.5) is 0 Å². The minimum Gasteiger partial charge on any atom is -0.429 e. The van der Waals surface area contributed by atoms with Crippen LogP contribution >= 0.6 is 0 Å². The first-order valence-electron chi connectivity index (χ1n) is 7.41. The predicted molar refractivity (Wildman–Crippen MR) is 68.0 cm³/mol. The SMILES string of the molecule is C=C1C(=O)O[C@@H]2O[C@@]3(C)CC[C@H]4[C@H](C)CCC1[C@@]24OO3. The largest absolute Gasteiger partial charge is 0.429 e. The fourth-order valence-electron chi connectivity index (χ4n) is 4.46. The molecule has 2 bridgehead atoms. The first-order valence-corrected chi connectivity index (χ1v) is 7.41. The average Bonchev–Trinajstić information content (AvgIpc) is 2.63. The molecule has 6 atom stereocenters. The lowest BCUT2D eigenvalue weighted by molar-refractivity contribution is -0.554. The quantitative estimate of drug-likeness (QED) is 0.387. The third kappa shape index (κ3) is 1.41. The highest BCUT2D eigenvalue weighted by Gasteiger charge is 2.69. The second-order valence-corrected chi connectivity index (χ2v) is 6.79. The first kappa shape index (κ1) is 12.8. The normalized spacial score (nSPS) is 54.1. The van der Waals surface area contributed by atoms with Crippen LogP contribution in [0.3, 0.4) is 0 Å². The lowest BCUT2D eigenvalue weighted by Gasteiger charge is -2.56. The number of fused-ring (bicyclic) bond motifs is 2. The Morgan fingerprint density at radius 2 is 2.05 bits per heavy atom. The summed E-state index contributed by atoms with van der Waals surface area (Å²) in [5.41, 5.74) is -0.213. The van der Waals surface area contributed by atoms with E-state index in [9.17, 15) is 4.79 Å². The fraction of sp³-hybridized carbons (Fsp3) is 0.800. The van der Waals surface area contributed by atoms with Gasteiger partial charge in [0.1, 0.15) is 0 Å². The summed E-state index contributed by atoms with van der Waals surface area (Å²) >= 11 is 0. The predicted octanol–water partition coefficient (Wildman–Crippen LogP) is 2.32. The van der Waals surface area contributed by atoms with Gasteiger partial charge in [-0.25, -0.2) is 14.6 Å². The molecule has 0 radical (unpaired) electrons. The molecule has 5 heteroatoms. The molecule has 0 aromatic carbocycles. The molecule has 1 spiro atoms. The second kappa shape index (κ2) is 3.84. The molecule has 4 aliphatic heterocycles. The van der Waals surface area contributed by atoms with Gasteiger partial charge in [-0.1, -0.05) is 13.5 Å². The molecule has 1 saturated carbocycles. The van der Waals surface area contributed by atoms with Crippen molar-refractivity contribution >= 4 is 5.97 Å². The summed E-state index contributed by atoms with van der Waals surface area (Å²) in [6, 6.07) is 0. The Morgan fingerprint density at radius 3 is 2.85 bits per heavy atom. The van der Waals surface area contributed by atoms with E-state index in [0.29, 0.717) is 11.5 Å². The minimum atomic E-state index is -0.823. The summed E-state index contributed by atoms with van der Waals surface area (Å²) in [6.07, 6.45) is 2.95. The molecular weight excluding hydrogens is 260 g/mol. The third-order valence-corrected chi connectivity index (χ3v) is 5.62. The van der Waals surface area contributed by atoms with Crippen molar-refractivity contribution in [3.05, 3.63) is 12.2 Å². The van der Waals surface area contributed by atoms with Crippen LogP contribution in [0.2, 0.25) is 0 Å². The smallest absolute Gasteiger partial charge is 0.336 e. The number of carbonyl (C=O) groups is 1. The number of ether oxygens (including phenoxy) is 2. The van der Waals surface area contributed by atoms with Gasteiger partial charge in [-0.15, -0.1) is 0 Å². The van der Waals surface area contributed by atoms with Crippen molar-refractivity contribution in [3.63, 3.8) is 0 Å². The second-order valence-electron chi connectivity index (χ2n) is 6.79. The molecular formula is C15H20O5. The third-order valence-electron chi connectivity index (χ3n) is 5.62. The van der Waals surface area contributed by atoms with E-state index in [1.54, 1.807) is 0 Å². The molecule has 1 aliphatic carbocycles. The Hall–Kier alpha value is -0.910. The van der Waals surface area contributed by atoms with Crippen molar-refractivity contribution in [3.8, 4) is 0 Å². The van der Waals surface area contributed by atoms with Crippen LogP contribution < -0.4 is 0 Å². The molecule has 0 amide bonds. The molecule has 110 valence electrons. The monoisotopic (exact) mass is 280 g/mol. The van der Waals surface area contributed by atoms with Gasteiger partial charge in [-0.3, -0.25) is 0 Å². The zero-order valence-corrected chi connectivity index (χ0v) is 11.9. The number of hydrogen-bond donors (Lipinski definition) is 0. The molecule has 4 heterocycles. The molecule has 5 aliphatic rings. The van der Waals surface area contributed by atoms with Gasteiger partial charge in [-0.2, -0.15) is 0 Å². The number of carbonyl (C=O) groups excluding carboxylic acids is 1. The van der Waals surface area contributed by atoms with Gasteiger partial charge < -0.3 is 9.47 Å². The van der Waals surface area contributed by atoms with Crippen molar-refractivity contribution in [1.82, 2.24) is 0 Å². The van der Waals surface area contributed by atoms with Crippen molar-refractivity contribution < 1.29 is 24.0 Å². The highest BCUT2D eigenvalue weighted by molar-refractivity contribution is 5.89. The van der Waals surface area contributed by atoms with Crippen LogP contribution in [0, 0.1) is 17.8 Å². The van der Waals surface area contributed by atoms with Crippen LogP contribution in [0.5, 0.6) is 0 Å². The first-order chi connectivity index (χ1) is 9.46. The van der Waals surface area contributed by atoms with E-state index in [-0.39, 0.29) is 17.8 Å². The van der Waals surface area contributed by atoms with Crippen LogP contribution in [0.25, 0.3) is 0 Å². The number of esters is 1. The molecule has 4 saturated heterocycles. The Labute approximate surface area is 118 Å². The van der Waals surface area contributed by atoms with Crippen molar-refractivity contribution in [2.45, 2.75) is 57.2 Å². The molecule has 5 fully saturated rings. The van der Waals surface area contributed by atoms with Gasteiger partial charge in [0.05, 0.1) is 0 Å². The van der Waals surface area contributed by atoms with E-state index in [1.807, 2.05) is 6.92 Å². The van der Waals surface area contributed by atoms with E-state index in [4.69, 9.17) is 19.2 Å². The maximum atomic E-state index is 12.0. The summed E-state index contributed by atoms with van der Waals surface area (Å²) < 4.78 is 11.5. The summed E-state index contributed by atoms with van der Waals surface area (Å²) in [7, 11) is 0. The highest BCUT2D eigenvalue weighted by atomic mass is 17.3. The lowest BCUT2D eigenvalue weighted by atomic mass is 9.59. The Morgan fingerprint density at radius 1 is 1.25 bits per heavy atom. The minimum absolute atomic E-state index is 0.0717. The van der Waals surface area contributed by atoms with Crippen LogP contribution in [-0.2, 0) is 24.0 Å². The van der Waals surface area contributed by atoms with Gasteiger partial charge in [0.25, 0.3) is 0 Å².